The SMILES string of the molecule is COc1cc(N)c(NS(=O)(=O)c2cnn(C)c2)cc1OC. The Balaban J connectivity index is 2.39. The van der Waals surface area contributed by atoms with Crippen molar-refractivity contribution < 1.29 is 17.9 Å². The number of hydrogen-bond donors (Lipinski definition) is 2. The van der Waals surface area contributed by atoms with Crippen molar-refractivity contribution in [2.45, 2.75) is 4.90 Å². The first-order valence-corrected chi connectivity index (χ1v) is 7.38. The van der Waals surface area contributed by atoms with E-state index in [1.807, 2.05) is 0 Å². The Morgan fingerprint density at radius 2 is 1.86 bits per heavy atom. The van der Waals surface area contributed by atoms with Crippen molar-refractivity contribution in [1.82, 2.24) is 9.78 Å². The van der Waals surface area contributed by atoms with Crippen molar-refractivity contribution in [3.05, 3.63) is 24.5 Å². The number of nitrogen functional groups attached to an aromatic ring is 1. The standard InChI is InChI=1S/C12H16N4O4S/c1-16-7-8(6-14-16)21(17,18)15-10-5-12(20-3)11(19-2)4-9(10)13/h4-7,15H,13H2,1-3H3. The fourth-order valence-corrected chi connectivity index (χ4v) is 2.79. The van der Waals surface area contributed by atoms with Crippen LogP contribution in [0.25, 0.3) is 0 Å². The molecule has 21 heavy (non-hydrogen) atoms. The maximum atomic E-state index is 12.2. The van der Waals surface area contributed by atoms with Gasteiger partial charge in [-0.15, -0.1) is 0 Å². The van der Waals surface area contributed by atoms with Gasteiger partial charge in [-0.2, -0.15) is 5.10 Å². The molecule has 0 spiro atoms. The highest BCUT2D eigenvalue weighted by Crippen LogP contribution is 2.35. The number of anilines is 2. The molecule has 0 unspecified atom stereocenters. The van der Waals surface area contributed by atoms with Crippen molar-refractivity contribution in [1.29, 1.82) is 0 Å². The van der Waals surface area contributed by atoms with E-state index < -0.39 is 10.0 Å². The van der Waals surface area contributed by atoms with Crippen LogP contribution in [0.3, 0.4) is 0 Å². The minimum atomic E-state index is -3.77. The summed E-state index contributed by atoms with van der Waals surface area (Å²) in [4.78, 5) is 0.0409. The van der Waals surface area contributed by atoms with Crippen LogP contribution in [0.1, 0.15) is 0 Å². The zero-order valence-corrected chi connectivity index (χ0v) is 12.6. The number of hydrogen-bond acceptors (Lipinski definition) is 6. The van der Waals surface area contributed by atoms with E-state index in [0.29, 0.717) is 11.5 Å². The van der Waals surface area contributed by atoms with Gasteiger partial charge in [-0.25, -0.2) is 8.42 Å². The quantitative estimate of drug-likeness (QED) is 0.791. The number of ether oxygens (including phenoxy) is 2. The first kappa shape index (κ1) is 15.0. The largest absolute Gasteiger partial charge is 0.493 e. The first-order valence-electron chi connectivity index (χ1n) is 5.90. The molecule has 0 amide bonds. The Morgan fingerprint density at radius 1 is 1.24 bits per heavy atom. The number of benzene rings is 1. The van der Waals surface area contributed by atoms with Gasteiger partial charge in [0.15, 0.2) is 11.5 Å². The summed E-state index contributed by atoms with van der Waals surface area (Å²) >= 11 is 0. The summed E-state index contributed by atoms with van der Waals surface area (Å²) in [5.74, 6) is 0.787. The molecule has 0 atom stereocenters. The second kappa shape index (κ2) is 5.52. The topological polar surface area (TPSA) is 108 Å². The molecule has 2 aromatic rings. The van der Waals surface area contributed by atoms with E-state index in [2.05, 4.69) is 9.82 Å². The van der Waals surface area contributed by atoms with Gasteiger partial charge in [0.1, 0.15) is 4.90 Å². The Kier molecular flexibility index (Phi) is 3.94. The smallest absolute Gasteiger partial charge is 0.265 e. The molecule has 0 aliphatic carbocycles. The first-order chi connectivity index (χ1) is 9.87. The predicted octanol–water partition coefficient (Wildman–Crippen LogP) is 0.820. The lowest BCUT2D eigenvalue weighted by Crippen LogP contribution is -2.14. The van der Waals surface area contributed by atoms with Crippen LogP contribution in [-0.2, 0) is 17.1 Å². The van der Waals surface area contributed by atoms with E-state index >= 15 is 0 Å². The summed E-state index contributed by atoms with van der Waals surface area (Å²) in [7, 11) is 0.780. The molecule has 1 aromatic heterocycles. The van der Waals surface area contributed by atoms with E-state index in [1.165, 1.54) is 43.4 Å². The summed E-state index contributed by atoms with van der Waals surface area (Å²) in [6, 6.07) is 2.95. The molecule has 0 bridgehead atoms. The Morgan fingerprint density at radius 3 is 2.38 bits per heavy atom. The van der Waals surface area contributed by atoms with Gasteiger partial charge in [0.25, 0.3) is 10.0 Å². The van der Waals surface area contributed by atoms with Crippen LogP contribution in [0, 0.1) is 0 Å². The third-order valence-corrected chi connectivity index (χ3v) is 4.11. The van der Waals surface area contributed by atoms with Crippen molar-refractivity contribution in [3.63, 3.8) is 0 Å². The van der Waals surface area contributed by atoms with Crippen LogP contribution in [0.5, 0.6) is 11.5 Å². The van der Waals surface area contributed by atoms with Crippen molar-refractivity contribution in [3.8, 4) is 11.5 Å². The zero-order valence-electron chi connectivity index (χ0n) is 11.8. The lowest BCUT2D eigenvalue weighted by atomic mass is 10.2. The number of methoxy groups -OCH3 is 2. The molecule has 0 aliphatic heterocycles. The number of nitrogens with zero attached hydrogens (tertiary/aromatic N) is 2. The molecule has 2 rings (SSSR count). The normalized spacial score (nSPS) is 11.2. The monoisotopic (exact) mass is 312 g/mol. The van der Waals surface area contributed by atoms with Crippen LogP contribution in [-0.4, -0.2) is 32.4 Å². The summed E-state index contributed by atoms with van der Waals surface area (Å²) < 4.78 is 38.5. The van der Waals surface area contributed by atoms with Crippen LogP contribution in [0.2, 0.25) is 0 Å². The van der Waals surface area contributed by atoms with Gasteiger partial charge in [0.2, 0.25) is 0 Å². The maximum Gasteiger partial charge on any atom is 0.265 e. The highest BCUT2D eigenvalue weighted by atomic mass is 32.2. The molecule has 1 heterocycles. The van der Waals surface area contributed by atoms with Gasteiger partial charge in [-0.1, -0.05) is 0 Å². The van der Waals surface area contributed by atoms with Crippen molar-refractivity contribution >= 4 is 21.4 Å². The van der Waals surface area contributed by atoms with E-state index in [9.17, 15) is 8.42 Å². The molecule has 0 saturated heterocycles. The maximum absolute atomic E-state index is 12.2. The molecule has 0 aliphatic rings. The number of nitrogens with one attached hydrogen (secondary N) is 1. The van der Waals surface area contributed by atoms with Crippen molar-refractivity contribution in [2.24, 2.45) is 7.05 Å². The molecular weight excluding hydrogens is 296 g/mol. The van der Waals surface area contributed by atoms with Gasteiger partial charge < -0.3 is 15.2 Å². The summed E-state index contributed by atoms with van der Waals surface area (Å²) in [5.41, 5.74) is 6.26. The molecule has 9 heteroatoms. The van der Waals surface area contributed by atoms with E-state index in [4.69, 9.17) is 15.2 Å². The molecular formula is C12H16N4O4S. The average molecular weight is 312 g/mol. The van der Waals surface area contributed by atoms with Gasteiger partial charge in [0, 0.05) is 25.4 Å². The van der Waals surface area contributed by atoms with Crippen molar-refractivity contribution in [2.75, 3.05) is 24.7 Å². The molecule has 1 aromatic carbocycles. The van der Waals surface area contributed by atoms with E-state index in [1.54, 1.807) is 7.05 Å². The molecule has 114 valence electrons. The highest BCUT2D eigenvalue weighted by molar-refractivity contribution is 7.92. The van der Waals surface area contributed by atoms with E-state index in [-0.39, 0.29) is 16.3 Å². The van der Waals surface area contributed by atoms with E-state index in [0.717, 1.165) is 0 Å². The van der Waals surface area contributed by atoms with Crippen LogP contribution < -0.4 is 19.9 Å². The number of sulfonamides is 1. The number of aromatic nitrogens is 2. The van der Waals surface area contributed by atoms with Gasteiger partial charge >= 0.3 is 0 Å². The fourth-order valence-electron chi connectivity index (χ4n) is 1.72. The summed E-state index contributed by atoms with van der Waals surface area (Å²) in [6.07, 6.45) is 2.64. The lowest BCUT2D eigenvalue weighted by molar-refractivity contribution is 0.355. The lowest BCUT2D eigenvalue weighted by Gasteiger charge is -2.13. The zero-order chi connectivity index (χ0) is 15.6. The minimum absolute atomic E-state index is 0.0409. The second-order valence-corrected chi connectivity index (χ2v) is 5.93. The minimum Gasteiger partial charge on any atom is -0.493 e. The average Bonchev–Trinajstić information content (AvgIpc) is 2.88. The molecule has 0 radical (unpaired) electrons. The fraction of sp³-hybridized carbons (Fsp3) is 0.250. The third kappa shape index (κ3) is 3.02. The molecule has 0 fully saturated rings. The number of rotatable bonds is 5. The van der Waals surface area contributed by atoms with Gasteiger partial charge in [-0.05, 0) is 0 Å². The van der Waals surface area contributed by atoms with Crippen LogP contribution >= 0.6 is 0 Å². The predicted molar refractivity (Wildman–Crippen MR) is 78.0 cm³/mol. The molecule has 8 nitrogen and oxygen atoms in total. The molecule has 3 N–H and O–H groups in total. The highest BCUT2D eigenvalue weighted by Gasteiger charge is 2.19. The third-order valence-electron chi connectivity index (χ3n) is 2.79. The number of nitrogens with two attached hydrogens (primary N) is 1. The van der Waals surface area contributed by atoms with Gasteiger partial charge in [0.05, 0.1) is 31.8 Å². The van der Waals surface area contributed by atoms with Crippen LogP contribution in [0.15, 0.2) is 29.4 Å². The Hall–Kier alpha value is -2.42. The Labute approximate surface area is 122 Å². The Bertz CT molecular complexity index is 755. The van der Waals surface area contributed by atoms with Crippen LogP contribution in [0.4, 0.5) is 11.4 Å². The second-order valence-electron chi connectivity index (χ2n) is 4.25. The summed E-state index contributed by atoms with van der Waals surface area (Å²) in [5, 5.41) is 3.83. The summed E-state index contributed by atoms with van der Waals surface area (Å²) in [6.45, 7) is 0. The number of aryl methyl sites for hydroxylation is 1. The van der Waals surface area contributed by atoms with Gasteiger partial charge in [-0.3, -0.25) is 9.40 Å². The molecule has 0 saturated carbocycles.